The molecule has 0 spiro atoms. The number of nitrogens with one attached hydrogen (secondary N) is 1. The first-order valence-corrected chi connectivity index (χ1v) is 6.51. The molecule has 1 aromatic rings. The molecule has 0 radical (unpaired) electrons. The summed E-state index contributed by atoms with van der Waals surface area (Å²) in [6, 6.07) is 4.02. The first kappa shape index (κ1) is 12.9. The van der Waals surface area contributed by atoms with Crippen LogP contribution in [0, 0.1) is 29.9 Å². The van der Waals surface area contributed by atoms with Gasteiger partial charge in [0.25, 0.3) is 5.69 Å². The minimum atomic E-state index is -0.308. The van der Waals surface area contributed by atoms with E-state index < -0.39 is 0 Å². The van der Waals surface area contributed by atoms with E-state index in [9.17, 15) is 10.1 Å². The van der Waals surface area contributed by atoms with Crippen LogP contribution in [0.15, 0.2) is 12.1 Å². The molecule has 4 nitrogen and oxygen atoms in total. The van der Waals surface area contributed by atoms with Crippen molar-refractivity contribution in [1.29, 1.82) is 0 Å². The van der Waals surface area contributed by atoms with Gasteiger partial charge in [-0.25, -0.2) is 0 Å². The molecular weight excluding hydrogens is 228 g/mol. The Kier molecular flexibility index (Phi) is 3.55. The quantitative estimate of drug-likeness (QED) is 0.653. The second kappa shape index (κ2) is 4.96. The smallest absolute Gasteiger partial charge is 0.274 e. The Balaban J connectivity index is 2.27. The minimum absolute atomic E-state index is 0.203. The third kappa shape index (κ3) is 2.47. The summed E-state index contributed by atoms with van der Waals surface area (Å²) in [5.41, 5.74) is 2.92. The fraction of sp³-hybridized carbons (Fsp3) is 0.571. The summed E-state index contributed by atoms with van der Waals surface area (Å²) in [6.45, 7) is 6.02. The van der Waals surface area contributed by atoms with E-state index in [4.69, 9.17) is 0 Å². The van der Waals surface area contributed by atoms with E-state index in [1.54, 1.807) is 13.0 Å². The van der Waals surface area contributed by atoms with Crippen molar-refractivity contribution in [2.24, 2.45) is 5.92 Å². The van der Waals surface area contributed by atoms with Crippen molar-refractivity contribution in [1.82, 2.24) is 0 Å². The fourth-order valence-corrected chi connectivity index (χ4v) is 2.75. The first-order valence-electron chi connectivity index (χ1n) is 6.51. The van der Waals surface area contributed by atoms with E-state index in [0.717, 1.165) is 23.2 Å². The normalized spacial score (nSPS) is 23.1. The maximum atomic E-state index is 11.0. The SMILES string of the molecule is Cc1cc(C)c([N+](=O)[O-])cc1NC1CCCC1C. The second-order valence-electron chi connectivity index (χ2n) is 5.37. The van der Waals surface area contributed by atoms with E-state index in [-0.39, 0.29) is 10.6 Å². The van der Waals surface area contributed by atoms with Crippen LogP contribution >= 0.6 is 0 Å². The molecule has 4 heteroatoms. The van der Waals surface area contributed by atoms with Crippen molar-refractivity contribution >= 4 is 11.4 Å². The molecule has 1 fully saturated rings. The molecule has 0 heterocycles. The Hall–Kier alpha value is -1.58. The van der Waals surface area contributed by atoms with Gasteiger partial charge < -0.3 is 5.32 Å². The largest absolute Gasteiger partial charge is 0.382 e. The predicted molar refractivity (Wildman–Crippen MR) is 73.0 cm³/mol. The molecule has 0 amide bonds. The van der Waals surface area contributed by atoms with Crippen LogP contribution in [-0.4, -0.2) is 11.0 Å². The van der Waals surface area contributed by atoms with E-state index in [1.807, 2.05) is 13.0 Å². The molecule has 2 unspecified atom stereocenters. The highest BCUT2D eigenvalue weighted by molar-refractivity contribution is 5.60. The van der Waals surface area contributed by atoms with Crippen molar-refractivity contribution in [3.05, 3.63) is 33.4 Å². The maximum Gasteiger partial charge on any atom is 0.274 e. The number of nitro benzene ring substituents is 1. The van der Waals surface area contributed by atoms with E-state index in [2.05, 4.69) is 12.2 Å². The van der Waals surface area contributed by atoms with Gasteiger partial charge in [0.1, 0.15) is 0 Å². The molecule has 0 saturated heterocycles. The lowest BCUT2D eigenvalue weighted by Crippen LogP contribution is -2.22. The lowest BCUT2D eigenvalue weighted by molar-refractivity contribution is -0.385. The number of rotatable bonds is 3. The van der Waals surface area contributed by atoms with Gasteiger partial charge >= 0.3 is 0 Å². The molecule has 1 aromatic carbocycles. The van der Waals surface area contributed by atoms with Gasteiger partial charge in [-0.3, -0.25) is 10.1 Å². The molecule has 1 aliphatic rings. The van der Waals surface area contributed by atoms with Crippen molar-refractivity contribution in [3.8, 4) is 0 Å². The number of benzene rings is 1. The number of anilines is 1. The summed E-state index contributed by atoms with van der Waals surface area (Å²) in [5, 5.41) is 14.4. The Bertz CT molecular complexity index is 471. The Labute approximate surface area is 108 Å². The van der Waals surface area contributed by atoms with Crippen LogP contribution in [0.5, 0.6) is 0 Å². The molecule has 98 valence electrons. The van der Waals surface area contributed by atoms with Gasteiger partial charge in [0.2, 0.25) is 0 Å². The van der Waals surface area contributed by atoms with Crippen LogP contribution in [0.2, 0.25) is 0 Å². The van der Waals surface area contributed by atoms with Crippen LogP contribution in [0.3, 0.4) is 0 Å². The summed E-state index contributed by atoms with van der Waals surface area (Å²) in [7, 11) is 0. The topological polar surface area (TPSA) is 55.2 Å². The minimum Gasteiger partial charge on any atom is -0.382 e. The molecular formula is C14H20N2O2. The molecule has 1 saturated carbocycles. The van der Waals surface area contributed by atoms with Gasteiger partial charge in [-0.2, -0.15) is 0 Å². The summed E-state index contributed by atoms with van der Waals surface area (Å²) in [6.07, 6.45) is 3.64. The highest BCUT2D eigenvalue weighted by atomic mass is 16.6. The highest BCUT2D eigenvalue weighted by Crippen LogP contribution is 2.31. The predicted octanol–water partition coefficient (Wildman–Crippen LogP) is 3.81. The van der Waals surface area contributed by atoms with Gasteiger partial charge in [-0.1, -0.05) is 13.3 Å². The fourth-order valence-electron chi connectivity index (χ4n) is 2.75. The third-order valence-electron chi connectivity index (χ3n) is 3.94. The summed E-state index contributed by atoms with van der Waals surface area (Å²) < 4.78 is 0. The van der Waals surface area contributed by atoms with Gasteiger partial charge in [0.05, 0.1) is 4.92 Å². The lowest BCUT2D eigenvalue weighted by atomic mass is 10.0. The van der Waals surface area contributed by atoms with Crippen LogP contribution < -0.4 is 5.32 Å². The van der Waals surface area contributed by atoms with Gasteiger partial charge in [0, 0.05) is 23.4 Å². The van der Waals surface area contributed by atoms with Crippen molar-refractivity contribution < 1.29 is 4.92 Å². The molecule has 1 aliphatic carbocycles. The number of hydrogen-bond donors (Lipinski definition) is 1. The number of nitro groups is 1. The summed E-state index contributed by atoms with van der Waals surface area (Å²) >= 11 is 0. The van der Waals surface area contributed by atoms with Crippen molar-refractivity contribution in [2.45, 2.75) is 46.1 Å². The highest BCUT2D eigenvalue weighted by Gasteiger charge is 2.24. The van der Waals surface area contributed by atoms with Crippen molar-refractivity contribution in [2.75, 3.05) is 5.32 Å². The zero-order chi connectivity index (χ0) is 13.3. The van der Waals surface area contributed by atoms with E-state index in [1.165, 1.54) is 12.8 Å². The van der Waals surface area contributed by atoms with E-state index >= 15 is 0 Å². The molecule has 1 N–H and O–H groups in total. The van der Waals surface area contributed by atoms with Crippen LogP contribution in [0.25, 0.3) is 0 Å². The number of nitrogens with zero attached hydrogens (tertiary/aromatic N) is 1. The van der Waals surface area contributed by atoms with Crippen LogP contribution in [0.4, 0.5) is 11.4 Å². The van der Waals surface area contributed by atoms with Gasteiger partial charge in [0.15, 0.2) is 0 Å². The van der Waals surface area contributed by atoms with Crippen molar-refractivity contribution in [3.63, 3.8) is 0 Å². The standard InChI is InChI=1S/C14H20N2O2/c1-9-5-4-6-12(9)15-13-8-14(16(17)18)11(3)7-10(13)2/h7-9,12,15H,4-6H2,1-3H3. The van der Waals surface area contributed by atoms with Crippen LogP contribution in [0.1, 0.15) is 37.3 Å². The Morgan fingerprint density at radius 3 is 2.56 bits per heavy atom. The average molecular weight is 248 g/mol. The summed E-state index contributed by atoms with van der Waals surface area (Å²) in [5.74, 6) is 0.643. The lowest BCUT2D eigenvalue weighted by Gasteiger charge is -2.20. The number of aryl methyl sites for hydroxylation is 2. The third-order valence-corrected chi connectivity index (χ3v) is 3.94. The Morgan fingerprint density at radius 1 is 1.28 bits per heavy atom. The molecule has 0 aromatic heterocycles. The van der Waals surface area contributed by atoms with E-state index in [0.29, 0.717) is 12.0 Å². The number of hydrogen-bond acceptors (Lipinski definition) is 3. The van der Waals surface area contributed by atoms with Gasteiger partial charge in [-0.05, 0) is 44.2 Å². The monoisotopic (exact) mass is 248 g/mol. The maximum absolute atomic E-state index is 11.0. The average Bonchev–Trinajstić information content (AvgIpc) is 2.67. The second-order valence-corrected chi connectivity index (χ2v) is 5.37. The molecule has 2 atom stereocenters. The Morgan fingerprint density at radius 2 is 2.00 bits per heavy atom. The zero-order valence-corrected chi connectivity index (χ0v) is 11.2. The molecule has 2 rings (SSSR count). The molecule has 18 heavy (non-hydrogen) atoms. The first-order chi connectivity index (χ1) is 8.49. The molecule has 0 aliphatic heterocycles. The zero-order valence-electron chi connectivity index (χ0n) is 11.2. The molecule has 0 bridgehead atoms. The van der Waals surface area contributed by atoms with Gasteiger partial charge in [-0.15, -0.1) is 0 Å². The van der Waals surface area contributed by atoms with Crippen LogP contribution in [-0.2, 0) is 0 Å². The summed E-state index contributed by atoms with van der Waals surface area (Å²) in [4.78, 5) is 10.7.